The van der Waals surface area contributed by atoms with E-state index in [1.807, 2.05) is 0 Å². The zero-order valence-electron chi connectivity index (χ0n) is 8.72. The predicted octanol–water partition coefficient (Wildman–Crippen LogP) is 2.00. The molecule has 1 aliphatic rings. The van der Waals surface area contributed by atoms with Crippen molar-refractivity contribution in [2.24, 2.45) is 0 Å². The number of anilines is 2. The topological polar surface area (TPSA) is 47.3 Å². The molecule has 1 unspecified atom stereocenters. The van der Waals surface area contributed by atoms with Gasteiger partial charge in [-0.1, -0.05) is 0 Å². The first-order valence-corrected chi connectivity index (χ1v) is 4.99. The van der Waals surface area contributed by atoms with E-state index >= 15 is 0 Å². The second-order valence-electron chi connectivity index (χ2n) is 4.26. The highest BCUT2D eigenvalue weighted by Crippen LogP contribution is 2.25. The van der Waals surface area contributed by atoms with Gasteiger partial charge < -0.3 is 15.8 Å². The molecule has 0 spiro atoms. The van der Waals surface area contributed by atoms with Gasteiger partial charge in [-0.25, -0.2) is 4.39 Å². The van der Waals surface area contributed by atoms with Crippen LogP contribution < -0.4 is 11.1 Å². The number of hydrogen-bond donors (Lipinski definition) is 2. The predicted molar refractivity (Wildman–Crippen MR) is 58.3 cm³/mol. The number of nitrogens with one attached hydrogen (secondary N) is 1. The monoisotopic (exact) mass is 210 g/mol. The van der Waals surface area contributed by atoms with Gasteiger partial charge in [0.25, 0.3) is 0 Å². The van der Waals surface area contributed by atoms with Crippen LogP contribution in [0.3, 0.4) is 0 Å². The van der Waals surface area contributed by atoms with Gasteiger partial charge >= 0.3 is 0 Å². The first-order chi connectivity index (χ1) is 7.07. The molecule has 1 saturated heterocycles. The molecular formula is C11H15FN2O. The highest BCUT2D eigenvalue weighted by Gasteiger charge is 2.29. The van der Waals surface area contributed by atoms with Crippen LogP contribution >= 0.6 is 0 Å². The lowest BCUT2D eigenvalue weighted by molar-refractivity contribution is 0.185. The van der Waals surface area contributed by atoms with Crippen LogP contribution in [0, 0.1) is 5.82 Å². The average molecular weight is 210 g/mol. The van der Waals surface area contributed by atoms with Crippen molar-refractivity contribution < 1.29 is 9.13 Å². The Morgan fingerprint density at radius 2 is 2.27 bits per heavy atom. The summed E-state index contributed by atoms with van der Waals surface area (Å²) < 4.78 is 18.4. The van der Waals surface area contributed by atoms with E-state index in [0.29, 0.717) is 18.0 Å². The summed E-state index contributed by atoms with van der Waals surface area (Å²) in [5.74, 6) is -0.319. The van der Waals surface area contributed by atoms with Crippen LogP contribution in [0.4, 0.5) is 15.8 Å². The number of halogens is 1. The molecule has 1 atom stereocenters. The fourth-order valence-electron chi connectivity index (χ4n) is 1.80. The van der Waals surface area contributed by atoms with E-state index in [9.17, 15) is 4.39 Å². The van der Waals surface area contributed by atoms with Crippen LogP contribution in [0.15, 0.2) is 18.2 Å². The molecule has 0 aliphatic carbocycles. The molecule has 0 bridgehead atoms. The number of hydrogen-bond acceptors (Lipinski definition) is 3. The van der Waals surface area contributed by atoms with Gasteiger partial charge in [-0.05, 0) is 31.5 Å². The van der Waals surface area contributed by atoms with Crippen molar-refractivity contribution in [3.8, 4) is 0 Å². The maximum Gasteiger partial charge on any atom is 0.127 e. The minimum atomic E-state index is -0.319. The first kappa shape index (κ1) is 10.2. The van der Waals surface area contributed by atoms with Gasteiger partial charge in [-0.2, -0.15) is 0 Å². The van der Waals surface area contributed by atoms with E-state index in [-0.39, 0.29) is 11.4 Å². The molecule has 0 aromatic heterocycles. The van der Waals surface area contributed by atoms with Crippen LogP contribution in [0.5, 0.6) is 0 Å². The zero-order chi connectivity index (χ0) is 10.9. The van der Waals surface area contributed by atoms with Crippen LogP contribution in [-0.2, 0) is 4.74 Å². The summed E-state index contributed by atoms with van der Waals surface area (Å²) in [5, 5.41) is 3.25. The van der Waals surface area contributed by atoms with Gasteiger partial charge in [-0.3, -0.25) is 0 Å². The fourth-order valence-corrected chi connectivity index (χ4v) is 1.80. The Bertz CT molecular complexity index is 341. The quantitative estimate of drug-likeness (QED) is 0.734. The SMILES string of the molecule is CC1(Nc2cc(N)cc(F)c2)CCOC1. The number of rotatable bonds is 2. The standard InChI is InChI=1S/C11H15FN2O/c1-11(2-3-15-7-11)14-10-5-8(12)4-9(13)6-10/h4-6,14H,2-3,7,13H2,1H3. The van der Waals surface area contributed by atoms with E-state index in [1.165, 1.54) is 12.1 Å². The van der Waals surface area contributed by atoms with Gasteiger partial charge in [-0.15, -0.1) is 0 Å². The third-order valence-electron chi connectivity index (χ3n) is 2.59. The molecule has 4 heteroatoms. The van der Waals surface area contributed by atoms with Crippen molar-refractivity contribution in [2.45, 2.75) is 18.9 Å². The molecular weight excluding hydrogens is 195 g/mol. The maximum atomic E-state index is 13.1. The normalized spacial score (nSPS) is 25.5. The Morgan fingerprint density at radius 1 is 1.47 bits per heavy atom. The molecule has 0 radical (unpaired) electrons. The van der Waals surface area contributed by atoms with E-state index in [2.05, 4.69) is 12.2 Å². The summed E-state index contributed by atoms with van der Waals surface area (Å²) in [6.07, 6.45) is 0.920. The van der Waals surface area contributed by atoms with Gasteiger partial charge in [0.05, 0.1) is 12.1 Å². The summed E-state index contributed by atoms with van der Waals surface area (Å²) in [6.45, 7) is 3.44. The Morgan fingerprint density at radius 3 is 2.87 bits per heavy atom. The van der Waals surface area contributed by atoms with Gasteiger partial charge in [0.15, 0.2) is 0 Å². The molecule has 1 aliphatic heterocycles. The highest BCUT2D eigenvalue weighted by atomic mass is 19.1. The summed E-state index contributed by atoms with van der Waals surface area (Å²) in [5.41, 5.74) is 6.59. The fraction of sp³-hybridized carbons (Fsp3) is 0.455. The molecule has 1 heterocycles. The Hall–Kier alpha value is -1.29. The second-order valence-corrected chi connectivity index (χ2v) is 4.26. The number of nitrogens with two attached hydrogens (primary N) is 1. The smallest absolute Gasteiger partial charge is 0.127 e. The zero-order valence-corrected chi connectivity index (χ0v) is 8.72. The molecule has 3 nitrogen and oxygen atoms in total. The maximum absolute atomic E-state index is 13.1. The van der Waals surface area contributed by atoms with E-state index in [1.54, 1.807) is 6.07 Å². The average Bonchev–Trinajstić information content (AvgIpc) is 2.49. The van der Waals surface area contributed by atoms with Crippen molar-refractivity contribution in [3.05, 3.63) is 24.0 Å². The molecule has 1 aromatic carbocycles. The van der Waals surface area contributed by atoms with Gasteiger partial charge in [0, 0.05) is 18.0 Å². The Balaban J connectivity index is 2.16. The molecule has 15 heavy (non-hydrogen) atoms. The Kier molecular flexibility index (Phi) is 2.52. The molecule has 0 amide bonds. The highest BCUT2D eigenvalue weighted by molar-refractivity contribution is 5.55. The number of ether oxygens (including phenoxy) is 1. The molecule has 1 aromatic rings. The van der Waals surface area contributed by atoms with Crippen LogP contribution in [-0.4, -0.2) is 18.8 Å². The number of benzene rings is 1. The van der Waals surface area contributed by atoms with Crippen molar-refractivity contribution in [2.75, 3.05) is 24.3 Å². The Labute approximate surface area is 88.4 Å². The summed E-state index contributed by atoms with van der Waals surface area (Å²) in [6, 6.07) is 4.48. The summed E-state index contributed by atoms with van der Waals surface area (Å²) in [7, 11) is 0. The molecule has 2 rings (SSSR count). The first-order valence-electron chi connectivity index (χ1n) is 4.99. The minimum Gasteiger partial charge on any atom is -0.399 e. The molecule has 1 fully saturated rings. The van der Waals surface area contributed by atoms with Crippen LogP contribution in [0.1, 0.15) is 13.3 Å². The van der Waals surface area contributed by atoms with Gasteiger partial charge in [0.1, 0.15) is 5.82 Å². The summed E-state index contributed by atoms with van der Waals surface area (Å²) in [4.78, 5) is 0. The lowest BCUT2D eigenvalue weighted by atomic mass is 10.0. The molecule has 3 N–H and O–H groups in total. The molecule has 0 saturated carbocycles. The number of nitrogen functional groups attached to an aromatic ring is 1. The van der Waals surface area contributed by atoms with Crippen molar-refractivity contribution in [1.29, 1.82) is 0 Å². The third-order valence-corrected chi connectivity index (χ3v) is 2.59. The van der Waals surface area contributed by atoms with Crippen molar-refractivity contribution >= 4 is 11.4 Å². The van der Waals surface area contributed by atoms with Crippen LogP contribution in [0.2, 0.25) is 0 Å². The van der Waals surface area contributed by atoms with Crippen molar-refractivity contribution in [3.63, 3.8) is 0 Å². The summed E-state index contributed by atoms with van der Waals surface area (Å²) >= 11 is 0. The third kappa shape index (κ3) is 2.39. The second kappa shape index (κ2) is 3.70. The van der Waals surface area contributed by atoms with E-state index in [4.69, 9.17) is 10.5 Å². The molecule has 82 valence electrons. The lowest BCUT2D eigenvalue weighted by Gasteiger charge is -2.25. The largest absolute Gasteiger partial charge is 0.399 e. The van der Waals surface area contributed by atoms with E-state index in [0.717, 1.165) is 13.0 Å². The van der Waals surface area contributed by atoms with Crippen molar-refractivity contribution in [1.82, 2.24) is 0 Å². The minimum absolute atomic E-state index is 0.111. The van der Waals surface area contributed by atoms with E-state index < -0.39 is 0 Å². The van der Waals surface area contributed by atoms with Crippen LogP contribution in [0.25, 0.3) is 0 Å². The van der Waals surface area contributed by atoms with Gasteiger partial charge in [0.2, 0.25) is 0 Å². The lowest BCUT2D eigenvalue weighted by Crippen LogP contribution is -2.34.